The number of nitrogens with one attached hydrogen (secondary N) is 1. The maximum atomic E-state index is 6.42. The molecule has 0 heterocycles. The Hall–Kier alpha value is -0.930. The molecule has 0 bridgehead atoms. The van der Waals surface area contributed by atoms with Crippen LogP contribution >= 0.6 is 11.6 Å². The van der Waals surface area contributed by atoms with Crippen LogP contribution in [0.2, 0.25) is 5.02 Å². The van der Waals surface area contributed by atoms with Crippen LogP contribution in [0.3, 0.4) is 0 Å². The van der Waals surface area contributed by atoms with Crippen molar-refractivity contribution in [3.63, 3.8) is 0 Å². The first-order chi connectivity index (χ1) is 11.2. The van der Waals surface area contributed by atoms with Gasteiger partial charge in [-0.2, -0.15) is 0 Å². The Bertz CT molecular complexity index is 471. The molecular formula is C19H30ClNO2. The van der Waals surface area contributed by atoms with Gasteiger partial charge in [-0.3, -0.25) is 0 Å². The summed E-state index contributed by atoms with van der Waals surface area (Å²) in [6.07, 6.45) is 8.95. The van der Waals surface area contributed by atoms with Crippen molar-refractivity contribution < 1.29 is 9.47 Å². The highest BCUT2D eigenvalue weighted by Crippen LogP contribution is 2.37. The third-order valence-electron chi connectivity index (χ3n) is 4.27. The normalized spacial score (nSPS) is 16.1. The van der Waals surface area contributed by atoms with Gasteiger partial charge in [0.05, 0.1) is 18.2 Å². The molecule has 0 spiro atoms. The molecule has 0 amide bonds. The highest BCUT2D eigenvalue weighted by molar-refractivity contribution is 6.32. The molecule has 0 aliphatic heterocycles. The lowest BCUT2D eigenvalue weighted by molar-refractivity contribution is 0.276. The van der Waals surface area contributed by atoms with Crippen molar-refractivity contribution >= 4 is 11.6 Å². The molecule has 4 heteroatoms. The monoisotopic (exact) mass is 339 g/mol. The maximum absolute atomic E-state index is 6.42. The summed E-state index contributed by atoms with van der Waals surface area (Å²) in [5, 5.41) is 4.32. The van der Waals surface area contributed by atoms with Gasteiger partial charge in [-0.15, -0.1) is 0 Å². The first kappa shape index (κ1) is 18.4. The van der Waals surface area contributed by atoms with Crippen LogP contribution in [-0.2, 0) is 6.54 Å². The van der Waals surface area contributed by atoms with E-state index >= 15 is 0 Å². The van der Waals surface area contributed by atoms with Gasteiger partial charge in [0.2, 0.25) is 0 Å². The van der Waals surface area contributed by atoms with Crippen LogP contribution in [0.1, 0.15) is 64.4 Å². The topological polar surface area (TPSA) is 30.5 Å². The quantitative estimate of drug-likeness (QED) is 0.648. The zero-order chi connectivity index (χ0) is 16.5. The van der Waals surface area contributed by atoms with E-state index in [4.69, 9.17) is 21.1 Å². The summed E-state index contributed by atoms with van der Waals surface area (Å²) in [6, 6.07) is 4.69. The molecular weight excluding hydrogens is 310 g/mol. The summed E-state index contributed by atoms with van der Waals surface area (Å²) in [5.41, 5.74) is 1.16. The van der Waals surface area contributed by atoms with Gasteiger partial charge in [0.25, 0.3) is 0 Å². The van der Waals surface area contributed by atoms with Crippen molar-refractivity contribution in [1.29, 1.82) is 0 Å². The van der Waals surface area contributed by atoms with Gasteiger partial charge in [-0.1, -0.05) is 44.2 Å². The molecule has 1 aliphatic carbocycles. The lowest BCUT2D eigenvalue weighted by Crippen LogP contribution is -2.27. The molecule has 23 heavy (non-hydrogen) atoms. The van der Waals surface area contributed by atoms with E-state index in [0.29, 0.717) is 30.0 Å². The van der Waals surface area contributed by atoms with Crippen molar-refractivity contribution in [2.24, 2.45) is 0 Å². The number of halogens is 1. The third-order valence-corrected chi connectivity index (χ3v) is 4.55. The van der Waals surface area contributed by atoms with E-state index in [1.54, 1.807) is 0 Å². The maximum Gasteiger partial charge on any atom is 0.179 e. The fourth-order valence-electron chi connectivity index (χ4n) is 3.08. The van der Waals surface area contributed by atoms with Gasteiger partial charge in [0.15, 0.2) is 11.5 Å². The average molecular weight is 340 g/mol. The van der Waals surface area contributed by atoms with Gasteiger partial charge >= 0.3 is 0 Å². The predicted molar refractivity (Wildman–Crippen MR) is 96.7 cm³/mol. The minimum Gasteiger partial charge on any atom is -0.490 e. The zero-order valence-electron chi connectivity index (χ0n) is 14.5. The molecule has 0 aromatic heterocycles. The van der Waals surface area contributed by atoms with E-state index in [2.05, 4.69) is 18.3 Å². The van der Waals surface area contributed by atoms with E-state index in [1.165, 1.54) is 38.5 Å². The first-order valence-corrected chi connectivity index (χ1v) is 9.43. The van der Waals surface area contributed by atoms with Gasteiger partial charge in [-0.05, 0) is 43.9 Å². The Kier molecular flexibility index (Phi) is 8.04. The highest BCUT2D eigenvalue weighted by Gasteiger charge is 2.15. The van der Waals surface area contributed by atoms with Crippen LogP contribution in [0.15, 0.2) is 12.1 Å². The van der Waals surface area contributed by atoms with Crippen LogP contribution in [0.25, 0.3) is 0 Å². The largest absolute Gasteiger partial charge is 0.490 e. The molecule has 0 radical (unpaired) electrons. The summed E-state index contributed by atoms with van der Waals surface area (Å²) in [4.78, 5) is 0. The van der Waals surface area contributed by atoms with Gasteiger partial charge < -0.3 is 14.8 Å². The van der Waals surface area contributed by atoms with Crippen LogP contribution in [0, 0.1) is 0 Å². The third kappa shape index (κ3) is 5.89. The Morgan fingerprint density at radius 2 is 1.83 bits per heavy atom. The van der Waals surface area contributed by atoms with E-state index in [1.807, 2.05) is 13.0 Å². The number of ether oxygens (including phenoxy) is 2. The predicted octanol–water partition coefficient (Wildman–Crippen LogP) is 5.34. The summed E-state index contributed by atoms with van der Waals surface area (Å²) in [7, 11) is 0. The molecule has 3 nitrogen and oxygen atoms in total. The second kappa shape index (κ2) is 10.0. The minimum absolute atomic E-state index is 0.609. The molecule has 1 fully saturated rings. The molecule has 1 aliphatic rings. The second-order valence-electron chi connectivity index (χ2n) is 6.26. The van der Waals surface area contributed by atoms with E-state index in [0.717, 1.165) is 24.3 Å². The highest BCUT2D eigenvalue weighted by atomic mass is 35.5. The smallest absolute Gasteiger partial charge is 0.179 e. The lowest BCUT2D eigenvalue weighted by atomic mass is 10.1. The number of rotatable bonds is 8. The number of hydrogen-bond donors (Lipinski definition) is 1. The molecule has 1 N–H and O–H groups in total. The second-order valence-corrected chi connectivity index (χ2v) is 6.66. The van der Waals surface area contributed by atoms with Crippen LogP contribution < -0.4 is 14.8 Å². The van der Waals surface area contributed by atoms with E-state index in [-0.39, 0.29) is 0 Å². The van der Waals surface area contributed by atoms with E-state index < -0.39 is 0 Å². The van der Waals surface area contributed by atoms with Crippen LogP contribution in [0.5, 0.6) is 11.5 Å². The number of benzene rings is 1. The van der Waals surface area contributed by atoms with E-state index in [9.17, 15) is 0 Å². The van der Waals surface area contributed by atoms with Gasteiger partial charge in [-0.25, -0.2) is 0 Å². The van der Waals surface area contributed by atoms with Crippen molar-refractivity contribution in [3.8, 4) is 11.5 Å². The molecule has 1 aromatic rings. The Morgan fingerprint density at radius 3 is 2.48 bits per heavy atom. The Morgan fingerprint density at radius 1 is 1.09 bits per heavy atom. The summed E-state index contributed by atoms with van der Waals surface area (Å²) < 4.78 is 11.5. The van der Waals surface area contributed by atoms with Crippen molar-refractivity contribution in [2.75, 3.05) is 13.2 Å². The summed E-state index contributed by atoms with van der Waals surface area (Å²) in [5.74, 6) is 1.43. The molecule has 0 saturated heterocycles. The SMILES string of the molecule is CCCOc1c(Cl)cc(CNC2CCCCCC2)cc1OCC. The standard InChI is InChI=1S/C19H30ClNO2/c1-3-11-23-19-17(20)12-15(13-18(19)22-4-2)14-21-16-9-7-5-6-8-10-16/h12-13,16,21H,3-11,14H2,1-2H3. The van der Waals surface area contributed by atoms with Crippen LogP contribution in [-0.4, -0.2) is 19.3 Å². The summed E-state index contributed by atoms with van der Waals surface area (Å²) >= 11 is 6.42. The Balaban J connectivity index is 2.03. The molecule has 1 aromatic carbocycles. The minimum atomic E-state index is 0.609. The molecule has 2 rings (SSSR count). The fourth-order valence-corrected chi connectivity index (χ4v) is 3.36. The molecule has 0 atom stereocenters. The van der Waals surface area contributed by atoms with Gasteiger partial charge in [0.1, 0.15) is 0 Å². The van der Waals surface area contributed by atoms with Crippen molar-refractivity contribution in [3.05, 3.63) is 22.7 Å². The summed E-state index contributed by atoms with van der Waals surface area (Å²) in [6.45, 7) is 6.16. The fraction of sp³-hybridized carbons (Fsp3) is 0.684. The lowest BCUT2D eigenvalue weighted by Gasteiger charge is -2.18. The zero-order valence-corrected chi connectivity index (χ0v) is 15.3. The van der Waals surface area contributed by atoms with Crippen molar-refractivity contribution in [1.82, 2.24) is 5.32 Å². The number of hydrogen-bond acceptors (Lipinski definition) is 3. The Labute approximate surface area is 145 Å². The molecule has 0 unspecified atom stereocenters. The first-order valence-electron chi connectivity index (χ1n) is 9.06. The van der Waals surface area contributed by atoms with Crippen molar-refractivity contribution in [2.45, 2.75) is 71.4 Å². The molecule has 1 saturated carbocycles. The molecule has 130 valence electrons. The van der Waals surface area contributed by atoms with Gasteiger partial charge in [0, 0.05) is 12.6 Å². The van der Waals surface area contributed by atoms with Crippen LogP contribution in [0.4, 0.5) is 0 Å². The average Bonchev–Trinajstić information content (AvgIpc) is 2.81.